The molecule has 1 aliphatic rings. The summed E-state index contributed by atoms with van der Waals surface area (Å²) in [7, 11) is 0. The molecular formula is C18H20FN3O. The Morgan fingerprint density at radius 1 is 1.17 bits per heavy atom. The van der Waals surface area contributed by atoms with E-state index in [1.54, 1.807) is 36.5 Å². The fourth-order valence-corrected chi connectivity index (χ4v) is 2.80. The van der Waals surface area contributed by atoms with Crippen molar-refractivity contribution in [3.63, 3.8) is 0 Å². The van der Waals surface area contributed by atoms with Gasteiger partial charge in [-0.2, -0.15) is 0 Å². The van der Waals surface area contributed by atoms with Gasteiger partial charge < -0.3 is 10.6 Å². The van der Waals surface area contributed by atoms with Crippen LogP contribution in [0.4, 0.5) is 10.1 Å². The first-order valence-electron chi connectivity index (χ1n) is 7.96. The molecule has 120 valence electrons. The van der Waals surface area contributed by atoms with Crippen molar-refractivity contribution >= 4 is 11.6 Å². The number of rotatable bonds is 5. The minimum absolute atomic E-state index is 0.127. The molecule has 0 aliphatic heterocycles. The van der Waals surface area contributed by atoms with Gasteiger partial charge in [-0.25, -0.2) is 9.37 Å². The maximum Gasteiger partial charge on any atom is 0.270 e. The molecule has 1 heterocycles. The third-order valence-electron chi connectivity index (χ3n) is 4.13. The molecule has 4 nitrogen and oxygen atoms in total. The van der Waals surface area contributed by atoms with Crippen molar-refractivity contribution in [2.45, 2.75) is 38.3 Å². The SMILES string of the molecule is O=C(NC1CCCC1)c1ccc(NCc2ccccc2F)cn1. The normalized spacial score (nSPS) is 14.7. The van der Waals surface area contributed by atoms with Gasteiger partial charge in [-0.3, -0.25) is 4.79 Å². The van der Waals surface area contributed by atoms with Crippen molar-refractivity contribution in [2.75, 3.05) is 5.32 Å². The molecule has 0 atom stereocenters. The molecular weight excluding hydrogens is 293 g/mol. The number of nitrogens with zero attached hydrogens (tertiary/aromatic N) is 1. The van der Waals surface area contributed by atoms with Gasteiger partial charge in [0.1, 0.15) is 11.5 Å². The van der Waals surface area contributed by atoms with Crippen molar-refractivity contribution in [3.8, 4) is 0 Å². The van der Waals surface area contributed by atoms with Crippen LogP contribution in [0.3, 0.4) is 0 Å². The van der Waals surface area contributed by atoms with Crippen LogP contribution in [-0.2, 0) is 6.54 Å². The molecule has 1 aromatic heterocycles. The van der Waals surface area contributed by atoms with Crippen LogP contribution in [0.1, 0.15) is 41.7 Å². The minimum atomic E-state index is -0.236. The van der Waals surface area contributed by atoms with Gasteiger partial charge in [0.25, 0.3) is 5.91 Å². The van der Waals surface area contributed by atoms with Crippen LogP contribution in [0.2, 0.25) is 0 Å². The maximum absolute atomic E-state index is 13.5. The third kappa shape index (κ3) is 4.06. The predicted octanol–water partition coefficient (Wildman–Crippen LogP) is 3.51. The quantitative estimate of drug-likeness (QED) is 0.888. The topological polar surface area (TPSA) is 54.0 Å². The first-order valence-corrected chi connectivity index (χ1v) is 7.96. The molecule has 2 aromatic rings. The fourth-order valence-electron chi connectivity index (χ4n) is 2.80. The van der Waals surface area contributed by atoms with E-state index < -0.39 is 0 Å². The van der Waals surface area contributed by atoms with E-state index in [-0.39, 0.29) is 17.8 Å². The van der Waals surface area contributed by atoms with E-state index in [1.165, 1.54) is 18.9 Å². The summed E-state index contributed by atoms with van der Waals surface area (Å²) in [4.78, 5) is 16.3. The van der Waals surface area contributed by atoms with E-state index in [4.69, 9.17) is 0 Å². The van der Waals surface area contributed by atoms with E-state index in [0.717, 1.165) is 18.5 Å². The van der Waals surface area contributed by atoms with E-state index in [1.807, 2.05) is 0 Å². The molecule has 1 aromatic carbocycles. The Balaban J connectivity index is 1.56. The number of halogens is 1. The Labute approximate surface area is 135 Å². The molecule has 0 unspecified atom stereocenters. The number of aromatic nitrogens is 1. The summed E-state index contributed by atoms with van der Waals surface area (Å²) in [6, 6.07) is 10.4. The summed E-state index contributed by atoms with van der Waals surface area (Å²) < 4.78 is 13.5. The summed E-state index contributed by atoms with van der Waals surface area (Å²) >= 11 is 0. The van der Waals surface area contributed by atoms with Gasteiger partial charge in [0.15, 0.2) is 0 Å². The number of benzene rings is 1. The second-order valence-electron chi connectivity index (χ2n) is 5.83. The average molecular weight is 313 g/mol. The zero-order chi connectivity index (χ0) is 16.1. The predicted molar refractivity (Wildman–Crippen MR) is 87.7 cm³/mol. The average Bonchev–Trinajstić information content (AvgIpc) is 3.07. The Kier molecular flexibility index (Phi) is 4.86. The monoisotopic (exact) mass is 313 g/mol. The van der Waals surface area contributed by atoms with E-state index in [0.29, 0.717) is 17.8 Å². The lowest BCUT2D eigenvalue weighted by atomic mass is 10.2. The zero-order valence-electron chi connectivity index (χ0n) is 12.9. The summed E-state index contributed by atoms with van der Waals surface area (Å²) in [6.45, 7) is 0.377. The first kappa shape index (κ1) is 15.5. The zero-order valence-corrected chi connectivity index (χ0v) is 12.9. The number of carbonyl (C=O) groups excluding carboxylic acids is 1. The van der Waals surface area contributed by atoms with Crippen LogP contribution < -0.4 is 10.6 Å². The molecule has 2 N–H and O–H groups in total. The van der Waals surface area contributed by atoms with E-state index in [9.17, 15) is 9.18 Å². The lowest BCUT2D eigenvalue weighted by Gasteiger charge is -2.12. The maximum atomic E-state index is 13.5. The molecule has 0 saturated heterocycles. The van der Waals surface area contributed by atoms with Crippen LogP contribution in [0.25, 0.3) is 0 Å². The molecule has 1 amide bonds. The van der Waals surface area contributed by atoms with Gasteiger partial charge in [-0.1, -0.05) is 31.0 Å². The van der Waals surface area contributed by atoms with E-state index >= 15 is 0 Å². The Morgan fingerprint density at radius 2 is 1.96 bits per heavy atom. The highest BCUT2D eigenvalue weighted by atomic mass is 19.1. The molecule has 1 saturated carbocycles. The number of carbonyl (C=O) groups is 1. The van der Waals surface area contributed by atoms with Crippen molar-refractivity contribution in [1.29, 1.82) is 0 Å². The Morgan fingerprint density at radius 3 is 2.65 bits per heavy atom. The van der Waals surface area contributed by atoms with Gasteiger partial charge in [0, 0.05) is 18.2 Å². The number of pyridine rings is 1. The molecule has 0 bridgehead atoms. The highest BCUT2D eigenvalue weighted by Gasteiger charge is 2.18. The van der Waals surface area contributed by atoms with E-state index in [2.05, 4.69) is 15.6 Å². The lowest BCUT2D eigenvalue weighted by Crippen LogP contribution is -2.33. The number of anilines is 1. The van der Waals surface area contributed by atoms with Gasteiger partial charge in [-0.15, -0.1) is 0 Å². The molecule has 0 radical (unpaired) electrons. The summed E-state index contributed by atoms with van der Waals surface area (Å²) in [5, 5.41) is 6.12. The van der Waals surface area contributed by atoms with Gasteiger partial charge in [0.2, 0.25) is 0 Å². The molecule has 23 heavy (non-hydrogen) atoms. The first-order chi connectivity index (χ1) is 11.2. The molecule has 0 spiro atoms. The van der Waals surface area contributed by atoms with Crippen molar-refractivity contribution in [1.82, 2.24) is 10.3 Å². The number of nitrogens with one attached hydrogen (secondary N) is 2. The highest BCUT2D eigenvalue weighted by Crippen LogP contribution is 2.18. The summed E-state index contributed by atoms with van der Waals surface area (Å²) in [6.07, 6.45) is 6.06. The lowest BCUT2D eigenvalue weighted by molar-refractivity contribution is 0.0933. The second kappa shape index (κ2) is 7.22. The number of amides is 1. The number of hydrogen-bond acceptors (Lipinski definition) is 3. The van der Waals surface area contributed by atoms with Crippen molar-refractivity contribution in [3.05, 3.63) is 59.7 Å². The standard InChI is InChI=1S/C18H20FN3O/c19-16-8-4-1-5-13(16)11-20-15-9-10-17(21-12-15)18(23)22-14-6-2-3-7-14/h1,4-5,8-10,12,14,20H,2-3,6-7,11H2,(H,22,23). The summed E-state index contributed by atoms with van der Waals surface area (Å²) in [5.41, 5.74) is 1.76. The molecule has 3 rings (SSSR count). The molecule has 1 fully saturated rings. The largest absolute Gasteiger partial charge is 0.380 e. The minimum Gasteiger partial charge on any atom is -0.380 e. The van der Waals surface area contributed by atoms with Gasteiger partial charge >= 0.3 is 0 Å². The highest BCUT2D eigenvalue weighted by molar-refractivity contribution is 5.92. The van der Waals surface area contributed by atoms with Gasteiger partial charge in [0.05, 0.1) is 11.9 Å². The third-order valence-corrected chi connectivity index (χ3v) is 4.13. The van der Waals surface area contributed by atoms with Crippen LogP contribution in [0, 0.1) is 5.82 Å². The van der Waals surface area contributed by atoms with Crippen LogP contribution in [0.15, 0.2) is 42.6 Å². The summed E-state index contributed by atoms with van der Waals surface area (Å²) in [5.74, 6) is -0.363. The number of hydrogen-bond donors (Lipinski definition) is 2. The molecule has 1 aliphatic carbocycles. The van der Waals surface area contributed by atoms with Gasteiger partial charge in [-0.05, 0) is 31.0 Å². The Hall–Kier alpha value is -2.43. The molecule has 5 heteroatoms. The smallest absolute Gasteiger partial charge is 0.270 e. The Bertz CT molecular complexity index is 666. The van der Waals surface area contributed by atoms with Crippen molar-refractivity contribution in [2.24, 2.45) is 0 Å². The van der Waals surface area contributed by atoms with Crippen LogP contribution in [-0.4, -0.2) is 16.9 Å². The second-order valence-corrected chi connectivity index (χ2v) is 5.83. The van der Waals surface area contributed by atoms with Crippen LogP contribution in [0.5, 0.6) is 0 Å². The van der Waals surface area contributed by atoms with Crippen LogP contribution >= 0.6 is 0 Å². The fraction of sp³-hybridized carbons (Fsp3) is 0.333. The van der Waals surface area contributed by atoms with Crippen molar-refractivity contribution < 1.29 is 9.18 Å².